The first kappa shape index (κ1) is 16.3. The molecule has 0 fully saturated rings. The zero-order valence-corrected chi connectivity index (χ0v) is 12.1. The summed E-state index contributed by atoms with van der Waals surface area (Å²) in [5, 5.41) is 0. The highest BCUT2D eigenvalue weighted by atomic mass is 32.2. The van der Waals surface area contributed by atoms with Crippen LogP contribution >= 0.6 is 0 Å². The second kappa shape index (κ2) is 7.11. The number of carbonyl (C=O) groups is 1. The summed E-state index contributed by atoms with van der Waals surface area (Å²) < 4.78 is 31.6. The molecule has 0 radical (unpaired) electrons. The molecular formula is C12H19N3O4S. The smallest absolute Gasteiger partial charge is 0.244 e. The number of unbranched alkanes of at least 4 members (excludes halogenated alkanes) is 1. The second-order valence-electron chi connectivity index (χ2n) is 4.23. The fraction of sp³-hybridized carbons (Fsp3) is 0.417. The van der Waals surface area contributed by atoms with Gasteiger partial charge in [-0.25, -0.2) is 13.1 Å². The minimum atomic E-state index is -3.67. The van der Waals surface area contributed by atoms with Gasteiger partial charge in [-0.1, -0.05) is 0 Å². The molecule has 0 aliphatic rings. The number of carbonyl (C=O) groups excluding carboxylic acids is 1. The van der Waals surface area contributed by atoms with Crippen LogP contribution in [0.5, 0.6) is 5.75 Å². The molecule has 0 aromatic heterocycles. The van der Waals surface area contributed by atoms with Gasteiger partial charge in [0.05, 0.1) is 7.11 Å². The molecule has 0 aliphatic heterocycles. The Balaban J connectivity index is 2.67. The predicted molar refractivity (Wildman–Crippen MR) is 75.6 cm³/mol. The van der Waals surface area contributed by atoms with Crippen molar-refractivity contribution in [2.75, 3.05) is 19.4 Å². The van der Waals surface area contributed by atoms with E-state index in [9.17, 15) is 13.2 Å². The van der Waals surface area contributed by atoms with Crippen LogP contribution in [0.25, 0.3) is 0 Å². The number of amides is 1. The van der Waals surface area contributed by atoms with Crippen molar-refractivity contribution < 1.29 is 17.9 Å². The number of rotatable bonds is 8. The third kappa shape index (κ3) is 4.71. The summed E-state index contributed by atoms with van der Waals surface area (Å²) in [6.07, 6.45) is 1.31. The van der Waals surface area contributed by atoms with Crippen LogP contribution in [0.3, 0.4) is 0 Å². The van der Waals surface area contributed by atoms with Gasteiger partial charge in [0.2, 0.25) is 15.9 Å². The molecule has 8 heteroatoms. The van der Waals surface area contributed by atoms with Crippen LogP contribution in [0, 0.1) is 0 Å². The van der Waals surface area contributed by atoms with E-state index in [1.165, 1.54) is 25.3 Å². The normalized spacial score (nSPS) is 11.2. The Morgan fingerprint density at radius 2 is 2.05 bits per heavy atom. The fourth-order valence-corrected chi connectivity index (χ4v) is 2.84. The first-order valence-electron chi connectivity index (χ1n) is 6.08. The number of primary amides is 1. The average molecular weight is 301 g/mol. The lowest BCUT2D eigenvalue weighted by Crippen LogP contribution is -2.25. The third-order valence-corrected chi connectivity index (χ3v) is 4.12. The predicted octanol–water partition coefficient (Wildman–Crippen LogP) is 0.211. The van der Waals surface area contributed by atoms with E-state index >= 15 is 0 Å². The number of benzene rings is 1. The minimum Gasteiger partial charge on any atom is -0.495 e. The van der Waals surface area contributed by atoms with Crippen LogP contribution in [0.1, 0.15) is 19.3 Å². The lowest BCUT2D eigenvalue weighted by Gasteiger charge is -2.11. The lowest BCUT2D eigenvalue weighted by molar-refractivity contribution is -0.118. The van der Waals surface area contributed by atoms with Gasteiger partial charge in [0.25, 0.3) is 0 Å². The molecule has 112 valence electrons. The van der Waals surface area contributed by atoms with Gasteiger partial charge in [0.1, 0.15) is 10.6 Å². The van der Waals surface area contributed by atoms with Crippen LogP contribution in [0.4, 0.5) is 5.69 Å². The summed E-state index contributed by atoms with van der Waals surface area (Å²) in [7, 11) is -2.29. The molecule has 0 spiro atoms. The Kier molecular flexibility index (Phi) is 5.78. The molecule has 5 N–H and O–H groups in total. The summed E-state index contributed by atoms with van der Waals surface area (Å²) in [5.41, 5.74) is 11.0. The van der Waals surface area contributed by atoms with E-state index in [4.69, 9.17) is 16.2 Å². The van der Waals surface area contributed by atoms with Crippen LogP contribution in [0.15, 0.2) is 23.1 Å². The van der Waals surface area contributed by atoms with Gasteiger partial charge in [-0.3, -0.25) is 4.79 Å². The first-order valence-corrected chi connectivity index (χ1v) is 7.56. The van der Waals surface area contributed by atoms with Crippen molar-refractivity contribution in [2.45, 2.75) is 24.2 Å². The van der Waals surface area contributed by atoms with E-state index in [0.717, 1.165) is 0 Å². The van der Waals surface area contributed by atoms with Gasteiger partial charge < -0.3 is 16.2 Å². The molecular weight excluding hydrogens is 282 g/mol. The molecule has 1 aromatic rings. The number of nitrogen functional groups attached to an aromatic ring is 1. The number of ether oxygens (including phenoxy) is 1. The minimum absolute atomic E-state index is 0.0316. The maximum absolute atomic E-state index is 12.1. The van der Waals surface area contributed by atoms with Gasteiger partial charge in [-0.15, -0.1) is 0 Å². The highest BCUT2D eigenvalue weighted by Gasteiger charge is 2.18. The van der Waals surface area contributed by atoms with Crippen LogP contribution in [-0.4, -0.2) is 28.0 Å². The van der Waals surface area contributed by atoms with Crippen LogP contribution in [-0.2, 0) is 14.8 Å². The summed E-state index contributed by atoms with van der Waals surface area (Å²) in [6, 6.07) is 4.33. The van der Waals surface area contributed by atoms with E-state index in [1.54, 1.807) is 0 Å². The van der Waals surface area contributed by atoms with E-state index in [1.807, 2.05) is 0 Å². The van der Waals surface area contributed by atoms with E-state index in [-0.39, 0.29) is 23.6 Å². The number of nitrogens with one attached hydrogen (secondary N) is 1. The topological polar surface area (TPSA) is 125 Å². The lowest BCUT2D eigenvalue weighted by atomic mass is 10.2. The van der Waals surface area contributed by atoms with Crippen molar-refractivity contribution in [1.82, 2.24) is 4.72 Å². The van der Waals surface area contributed by atoms with Gasteiger partial charge in [0, 0.05) is 24.7 Å². The zero-order valence-electron chi connectivity index (χ0n) is 11.3. The fourth-order valence-electron chi connectivity index (χ4n) is 1.61. The third-order valence-electron chi connectivity index (χ3n) is 2.62. The van der Waals surface area contributed by atoms with E-state index < -0.39 is 15.9 Å². The molecule has 7 nitrogen and oxygen atoms in total. The van der Waals surface area contributed by atoms with Crippen molar-refractivity contribution in [3.8, 4) is 5.75 Å². The summed E-state index contributed by atoms with van der Waals surface area (Å²) in [4.78, 5) is 10.6. The largest absolute Gasteiger partial charge is 0.495 e. The number of anilines is 1. The highest BCUT2D eigenvalue weighted by Crippen LogP contribution is 2.25. The van der Waals surface area contributed by atoms with E-state index in [0.29, 0.717) is 18.5 Å². The molecule has 0 unspecified atom stereocenters. The molecule has 1 rings (SSSR count). The maximum atomic E-state index is 12.1. The van der Waals surface area contributed by atoms with E-state index in [2.05, 4.69) is 4.72 Å². The van der Waals surface area contributed by atoms with Crippen LogP contribution in [0.2, 0.25) is 0 Å². The number of sulfonamides is 1. The second-order valence-corrected chi connectivity index (χ2v) is 5.97. The van der Waals surface area contributed by atoms with Crippen molar-refractivity contribution in [3.63, 3.8) is 0 Å². The Morgan fingerprint density at radius 3 is 2.65 bits per heavy atom. The Labute approximate surface area is 118 Å². The Hall–Kier alpha value is -1.80. The van der Waals surface area contributed by atoms with Crippen molar-refractivity contribution in [2.24, 2.45) is 5.73 Å². The SMILES string of the molecule is COc1cc(N)ccc1S(=O)(=O)NCCCCC(N)=O. The number of hydrogen-bond donors (Lipinski definition) is 3. The highest BCUT2D eigenvalue weighted by molar-refractivity contribution is 7.89. The molecule has 1 amide bonds. The average Bonchev–Trinajstić information content (AvgIpc) is 2.37. The van der Waals surface area contributed by atoms with Gasteiger partial charge >= 0.3 is 0 Å². The molecule has 20 heavy (non-hydrogen) atoms. The van der Waals surface area contributed by atoms with Gasteiger partial charge in [0.15, 0.2) is 0 Å². The van der Waals surface area contributed by atoms with Gasteiger partial charge in [-0.05, 0) is 25.0 Å². The molecule has 0 saturated heterocycles. The standard InChI is InChI=1S/C12H19N3O4S/c1-19-10-8-9(13)5-6-11(10)20(17,18)15-7-3-2-4-12(14)16/h5-6,8,15H,2-4,7,13H2,1H3,(H2,14,16). The number of nitrogens with two attached hydrogens (primary N) is 2. The summed E-state index contributed by atoms with van der Waals surface area (Å²) in [5.74, 6) is -0.206. The zero-order chi connectivity index (χ0) is 15.2. The summed E-state index contributed by atoms with van der Waals surface area (Å²) in [6.45, 7) is 0.225. The molecule has 0 saturated carbocycles. The quantitative estimate of drug-likeness (QED) is 0.467. The molecule has 1 aromatic carbocycles. The van der Waals surface area contributed by atoms with Gasteiger partial charge in [-0.2, -0.15) is 0 Å². The van der Waals surface area contributed by atoms with Crippen molar-refractivity contribution in [3.05, 3.63) is 18.2 Å². The first-order chi connectivity index (χ1) is 9.36. The molecule has 0 bridgehead atoms. The molecule has 0 atom stereocenters. The monoisotopic (exact) mass is 301 g/mol. The maximum Gasteiger partial charge on any atom is 0.244 e. The van der Waals surface area contributed by atoms with Crippen molar-refractivity contribution in [1.29, 1.82) is 0 Å². The molecule has 0 heterocycles. The number of hydrogen-bond acceptors (Lipinski definition) is 5. The summed E-state index contributed by atoms with van der Waals surface area (Å²) >= 11 is 0. The van der Waals surface area contributed by atoms with Crippen molar-refractivity contribution >= 4 is 21.6 Å². The number of methoxy groups -OCH3 is 1. The molecule has 0 aliphatic carbocycles. The Bertz CT molecular complexity index is 572. The van der Waals surface area contributed by atoms with Crippen LogP contribution < -0.4 is 20.9 Å². The Morgan fingerprint density at radius 1 is 1.35 bits per heavy atom.